The van der Waals surface area contributed by atoms with Gasteiger partial charge in [0, 0.05) is 18.0 Å². The molecule has 3 heterocycles. The van der Waals surface area contributed by atoms with E-state index in [-0.39, 0.29) is 0 Å². The summed E-state index contributed by atoms with van der Waals surface area (Å²) in [5.41, 5.74) is 0.785. The highest BCUT2D eigenvalue weighted by molar-refractivity contribution is 5.92. The first kappa shape index (κ1) is 12.5. The Morgan fingerprint density at radius 3 is 3.10 bits per heavy atom. The third-order valence-corrected chi connectivity index (χ3v) is 3.98. The minimum atomic E-state index is 0.577. The van der Waals surface area contributed by atoms with Crippen LogP contribution in [0, 0.1) is 5.92 Å². The maximum Gasteiger partial charge on any atom is 0.227 e. The van der Waals surface area contributed by atoms with Crippen LogP contribution in [0.2, 0.25) is 0 Å². The number of rotatable bonds is 3. The molecule has 5 nitrogen and oxygen atoms in total. The van der Waals surface area contributed by atoms with E-state index in [0.29, 0.717) is 17.6 Å². The van der Waals surface area contributed by atoms with E-state index in [2.05, 4.69) is 26.5 Å². The van der Waals surface area contributed by atoms with Gasteiger partial charge in [-0.15, -0.1) is 0 Å². The molecular weight excluding hydrogens is 264 g/mol. The van der Waals surface area contributed by atoms with E-state index in [0.717, 1.165) is 36.0 Å². The molecule has 3 aromatic rings. The van der Waals surface area contributed by atoms with Gasteiger partial charge in [0.15, 0.2) is 0 Å². The summed E-state index contributed by atoms with van der Waals surface area (Å²) in [5.74, 6) is 1.87. The number of pyridine rings is 1. The van der Waals surface area contributed by atoms with E-state index < -0.39 is 0 Å². The van der Waals surface area contributed by atoms with Crippen molar-refractivity contribution in [3.63, 3.8) is 0 Å². The molecule has 5 heteroatoms. The first-order valence-electron chi connectivity index (χ1n) is 7.27. The normalized spacial score (nSPS) is 18.4. The monoisotopic (exact) mass is 280 g/mol. The van der Waals surface area contributed by atoms with E-state index in [4.69, 9.17) is 4.52 Å². The first-order valence-corrected chi connectivity index (χ1v) is 7.27. The second-order valence-electron chi connectivity index (χ2n) is 5.46. The maximum absolute atomic E-state index is 5.40. The van der Waals surface area contributed by atoms with Crippen molar-refractivity contribution in [2.75, 3.05) is 13.1 Å². The van der Waals surface area contributed by atoms with E-state index in [9.17, 15) is 0 Å². The topological polar surface area (TPSA) is 63.8 Å². The Morgan fingerprint density at radius 2 is 2.19 bits per heavy atom. The Bertz CT molecular complexity index is 756. The molecule has 1 unspecified atom stereocenters. The van der Waals surface area contributed by atoms with Crippen LogP contribution in [0.5, 0.6) is 0 Å². The molecule has 1 atom stereocenters. The maximum atomic E-state index is 5.40. The van der Waals surface area contributed by atoms with Crippen LogP contribution in [0.15, 0.2) is 41.1 Å². The molecule has 1 saturated heterocycles. The summed E-state index contributed by atoms with van der Waals surface area (Å²) in [6.07, 6.45) is 3.80. The lowest BCUT2D eigenvalue weighted by Crippen LogP contribution is -2.10. The minimum absolute atomic E-state index is 0.577. The zero-order chi connectivity index (χ0) is 14.1. The average Bonchev–Trinajstić information content (AvgIpc) is 3.19. The molecule has 1 aliphatic heterocycles. The van der Waals surface area contributed by atoms with Crippen molar-refractivity contribution < 1.29 is 4.52 Å². The van der Waals surface area contributed by atoms with Crippen LogP contribution in [0.1, 0.15) is 12.3 Å². The van der Waals surface area contributed by atoms with Gasteiger partial charge in [0.25, 0.3) is 0 Å². The second kappa shape index (κ2) is 5.26. The molecule has 2 aromatic heterocycles. The molecule has 1 aromatic carbocycles. The lowest BCUT2D eigenvalue weighted by atomic mass is 10.1. The number of fused-ring (bicyclic) bond motifs is 1. The highest BCUT2D eigenvalue weighted by atomic mass is 16.5. The number of nitrogens with one attached hydrogen (secondary N) is 1. The molecule has 0 amide bonds. The highest BCUT2D eigenvalue weighted by Gasteiger charge is 2.19. The summed E-state index contributed by atoms with van der Waals surface area (Å²) in [6.45, 7) is 2.11. The SMILES string of the molecule is c1ccc2c(-c3noc(CC4CCNC4)n3)nccc2c1. The van der Waals surface area contributed by atoms with Crippen LogP contribution in [-0.4, -0.2) is 28.2 Å². The van der Waals surface area contributed by atoms with Crippen LogP contribution in [0.4, 0.5) is 0 Å². The quantitative estimate of drug-likeness (QED) is 0.798. The van der Waals surface area contributed by atoms with E-state index >= 15 is 0 Å². The lowest BCUT2D eigenvalue weighted by molar-refractivity contribution is 0.358. The minimum Gasteiger partial charge on any atom is -0.339 e. The van der Waals surface area contributed by atoms with Crippen molar-refractivity contribution in [3.8, 4) is 11.5 Å². The van der Waals surface area contributed by atoms with Gasteiger partial charge in [-0.05, 0) is 36.9 Å². The van der Waals surface area contributed by atoms with Crippen molar-refractivity contribution >= 4 is 10.8 Å². The Balaban J connectivity index is 1.67. The Labute approximate surface area is 122 Å². The zero-order valence-corrected chi connectivity index (χ0v) is 11.6. The number of benzene rings is 1. The molecule has 0 bridgehead atoms. The molecule has 0 radical (unpaired) electrons. The Morgan fingerprint density at radius 1 is 1.24 bits per heavy atom. The van der Waals surface area contributed by atoms with Gasteiger partial charge in [-0.3, -0.25) is 4.98 Å². The van der Waals surface area contributed by atoms with Crippen LogP contribution >= 0.6 is 0 Å². The number of nitrogens with zero attached hydrogens (tertiary/aromatic N) is 3. The summed E-state index contributed by atoms with van der Waals surface area (Å²) < 4.78 is 5.40. The predicted octanol–water partition coefficient (Wildman–Crippen LogP) is 2.44. The molecule has 106 valence electrons. The number of hydrogen-bond donors (Lipinski definition) is 1. The van der Waals surface area contributed by atoms with Crippen molar-refractivity contribution in [3.05, 3.63) is 42.4 Å². The van der Waals surface area contributed by atoms with E-state index in [1.807, 2.05) is 24.3 Å². The molecule has 1 aliphatic rings. The third kappa shape index (κ3) is 2.40. The third-order valence-electron chi connectivity index (χ3n) is 3.98. The fourth-order valence-electron chi connectivity index (χ4n) is 2.87. The van der Waals surface area contributed by atoms with Gasteiger partial charge in [0.2, 0.25) is 11.7 Å². The summed E-state index contributed by atoms with van der Waals surface area (Å²) in [7, 11) is 0. The summed E-state index contributed by atoms with van der Waals surface area (Å²) >= 11 is 0. The van der Waals surface area contributed by atoms with Gasteiger partial charge in [0.05, 0.1) is 0 Å². The standard InChI is InChI=1S/C16H16N4O/c1-2-4-13-12(3-1)6-8-18-15(13)16-19-14(21-20-16)9-11-5-7-17-10-11/h1-4,6,8,11,17H,5,7,9-10H2. The summed E-state index contributed by atoms with van der Waals surface area (Å²) in [5, 5.41) is 9.65. The lowest BCUT2D eigenvalue weighted by Gasteiger charge is -2.02. The smallest absolute Gasteiger partial charge is 0.227 e. The molecule has 4 rings (SSSR count). The van der Waals surface area contributed by atoms with Crippen molar-refractivity contribution in [2.24, 2.45) is 5.92 Å². The van der Waals surface area contributed by atoms with Crippen molar-refractivity contribution in [1.82, 2.24) is 20.4 Å². The van der Waals surface area contributed by atoms with E-state index in [1.165, 1.54) is 6.42 Å². The van der Waals surface area contributed by atoms with Crippen molar-refractivity contribution in [2.45, 2.75) is 12.8 Å². The van der Waals surface area contributed by atoms with Gasteiger partial charge in [-0.2, -0.15) is 4.98 Å². The molecule has 1 N–H and O–H groups in total. The van der Waals surface area contributed by atoms with Crippen molar-refractivity contribution in [1.29, 1.82) is 0 Å². The van der Waals surface area contributed by atoms with Gasteiger partial charge in [-0.1, -0.05) is 29.4 Å². The molecule has 0 aliphatic carbocycles. The molecule has 0 saturated carbocycles. The van der Waals surface area contributed by atoms with Crippen LogP contribution in [-0.2, 0) is 6.42 Å². The number of aromatic nitrogens is 3. The van der Waals surface area contributed by atoms with Crippen LogP contribution < -0.4 is 5.32 Å². The van der Waals surface area contributed by atoms with Gasteiger partial charge in [0.1, 0.15) is 5.69 Å². The molecule has 21 heavy (non-hydrogen) atoms. The van der Waals surface area contributed by atoms with E-state index in [1.54, 1.807) is 6.20 Å². The summed E-state index contributed by atoms with van der Waals surface area (Å²) in [4.78, 5) is 8.95. The molecular formula is C16H16N4O. The highest BCUT2D eigenvalue weighted by Crippen LogP contribution is 2.24. The largest absolute Gasteiger partial charge is 0.339 e. The fourth-order valence-corrected chi connectivity index (χ4v) is 2.87. The van der Waals surface area contributed by atoms with Gasteiger partial charge < -0.3 is 9.84 Å². The van der Waals surface area contributed by atoms with Gasteiger partial charge >= 0.3 is 0 Å². The molecule has 1 fully saturated rings. The zero-order valence-electron chi connectivity index (χ0n) is 11.6. The summed E-state index contributed by atoms with van der Waals surface area (Å²) in [6, 6.07) is 10.1. The van der Waals surface area contributed by atoms with Crippen LogP contribution in [0.25, 0.3) is 22.3 Å². The Kier molecular flexibility index (Phi) is 3.12. The average molecular weight is 280 g/mol. The fraction of sp³-hybridized carbons (Fsp3) is 0.312. The Hall–Kier alpha value is -2.27. The van der Waals surface area contributed by atoms with Crippen LogP contribution in [0.3, 0.4) is 0 Å². The molecule has 0 spiro atoms. The number of hydrogen-bond acceptors (Lipinski definition) is 5. The van der Waals surface area contributed by atoms with Gasteiger partial charge in [-0.25, -0.2) is 0 Å². The second-order valence-corrected chi connectivity index (χ2v) is 5.46. The first-order chi connectivity index (χ1) is 10.4. The predicted molar refractivity (Wildman–Crippen MR) is 79.7 cm³/mol.